The highest BCUT2D eigenvalue weighted by Crippen LogP contribution is 2.24. The van der Waals surface area contributed by atoms with Gasteiger partial charge >= 0.3 is 0 Å². The molecule has 0 atom stereocenters. The van der Waals surface area contributed by atoms with E-state index in [1.807, 2.05) is 24.3 Å². The van der Waals surface area contributed by atoms with E-state index in [1.165, 1.54) is 12.1 Å². The maximum Gasteiger partial charge on any atom is 0.178 e. The zero-order chi connectivity index (χ0) is 16.7. The topological polar surface area (TPSA) is 48.3 Å². The first-order chi connectivity index (χ1) is 11.2. The van der Waals surface area contributed by atoms with Gasteiger partial charge in [-0.05, 0) is 48.6 Å². The van der Waals surface area contributed by atoms with Gasteiger partial charge in [-0.25, -0.2) is 4.39 Å². The largest absolute Gasteiger partial charge is 0.495 e. The van der Waals surface area contributed by atoms with Crippen molar-refractivity contribution in [1.29, 1.82) is 5.26 Å². The van der Waals surface area contributed by atoms with Gasteiger partial charge in [-0.3, -0.25) is 0 Å². The molecule has 23 heavy (non-hydrogen) atoms. The second kappa shape index (κ2) is 8.11. The van der Waals surface area contributed by atoms with Gasteiger partial charge in [0.2, 0.25) is 0 Å². The van der Waals surface area contributed by atoms with E-state index in [1.54, 1.807) is 24.1 Å². The molecular formula is C17H16FN3OS. The lowest BCUT2D eigenvalue weighted by Crippen LogP contribution is -2.35. The number of para-hydroxylation sites is 2. The summed E-state index contributed by atoms with van der Waals surface area (Å²) in [5, 5.41) is 12.4. The Kier molecular flexibility index (Phi) is 5.89. The van der Waals surface area contributed by atoms with Gasteiger partial charge in [0.05, 0.1) is 25.3 Å². The molecule has 2 aromatic rings. The SMILES string of the molecule is COc1ccccc1NC(=S)N(CCC#N)c1ccc(F)cc1. The van der Waals surface area contributed by atoms with E-state index in [-0.39, 0.29) is 5.82 Å². The predicted octanol–water partition coefficient (Wildman–Crippen LogP) is 3.95. The number of halogens is 1. The van der Waals surface area contributed by atoms with Crippen molar-refractivity contribution in [3.05, 3.63) is 54.3 Å². The molecule has 0 aliphatic carbocycles. The fraction of sp³-hybridized carbons (Fsp3) is 0.176. The molecule has 0 fully saturated rings. The van der Waals surface area contributed by atoms with E-state index in [0.29, 0.717) is 29.5 Å². The Morgan fingerprint density at radius 2 is 1.96 bits per heavy atom. The monoisotopic (exact) mass is 329 g/mol. The first kappa shape index (κ1) is 16.7. The van der Waals surface area contributed by atoms with Crippen molar-refractivity contribution in [3.63, 3.8) is 0 Å². The molecular weight excluding hydrogens is 313 g/mol. The lowest BCUT2D eigenvalue weighted by molar-refractivity contribution is 0.417. The summed E-state index contributed by atoms with van der Waals surface area (Å²) in [6.07, 6.45) is 0.297. The number of nitriles is 1. The van der Waals surface area contributed by atoms with Gasteiger partial charge in [0.15, 0.2) is 5.11 Å². The summed E-state index contributed by atoms with van der Waals surface area (Å²) in [7, 11) is 1.58. The number of hydrogen-bond donors (Lipinski definition) is 1. The van der Waals surface area contributed by atoms with Crippen LogP contribution < -0.4 is 15.0 Å². The molecule has 6 heteroatoms. The highest BCUT2D eigenvalue weighted by atomic mass is 32.1. The van der Waals surface area contributed by atoms with Crippen LogP contribution in [0.4, 0.5) is 15.8 Å². The third kappa shape index (κ3) is 4.41. The predicted molar refractivity (Wildman–Crippen MR) is 93.2 cm³/mol. The number of thiocarbonyl (C=S) groups is 1. The van der Waals surface area contributed by atoms with Crippen LogP contribution in [0.3, 0.4) is 0 Å². The molecule has 2 aromatic carbocycles. The Balaban J connectivity index is 2.23. The summed E-state index contributed by atoms with van der Waals surface area (Å²) in [6, 6.07) is 15.5. The van der Waals surface area contributed by atoms with Gasteiger partial charge in [0.1, 0.15) is 11.6 Å². The Morgan fingerprint density at radius 1 is 1.26 bits per heavy atom. The minimum Gasteiger partial charge on any atom is -0.495 e. The fourth-order valence-electron chi connectivity index (χ4n) is 2.06. The van der Waals surface area contributed by atoms with E-state index in [0.717, 1.165) is 5.69 Å². The Morgan fingerprint density at radius 3 is 2.61 bits per heavy atom. The molecule has 1 N–H and O–H groups in total. The number of rotatable bonds is 5. The van der Waals surface area contributed by atoms with Gasteiger partial charge in [0, 0.05) is 12.2 Å². The van der Waals surface area contributed by atoms with E-state index in [4.69, 9.17) is 22.2 Å². The number of anilines is 2. The van der Waals surface area contributed by atoms with E-state index in [9.17, 15) is 4.39 Å². The van der Waals surface area contributed by atoms with Crippen LogP contribution in [0.5, 0.6) is 5.75 Å². The standard InChI is InChI=1S/C17H16FN3OS/c1-22-16-6-3-2-5-15(16)20-17(23)21(12-4-11-19)14-9-7-13(18)8-10-14/h2-3,5-10H,4,12H2,1H3,(H,20,23). The molecule has 0 saturated carbocycles. The zero-order valence-electron chi connectivity index (χ0n) is 12.6. The van der Waals surface area contributed by atoms with Crippen molar-refractivity contribution in [3.8, 4) is 11.8 Å². The van der Waals surface area contributed by atoms with Gasteiger partial charge in [0.25, 0.3) is 0 Å². The van der Waals surface area contributed by atoms with Crippen LogP contribution in [0.1, 0.15) is 6.42 Å². The number of nitrogens with zero attached hydrogens (tertiary/aromatic N) is 2. The summed E-state index contributed by atoms with van der Waals surface area (Å²) in [5.41, 5.74) is 1.44. The quantitative estimate of drug-likeness (QED) is 0.842. The van der Waals surface area contributed by atoms with Gasteiger partial charge in [-0.1, -0.05) is 12.1 Å². The average molecular weight is 329 g/mol. The van der Waals surface area contributed by atoms with E-state index in [2.05, 4.69) is 11.4 Å². The molecule has 118 valence electrons. The normalized spacial score (nSPS) is 9.78. The van der Waals surface area contributed by atoms with Crippen molar-refractivity contribution in [2.45, 2.75) is 6.42 Å². The summed E-state index contributed by atoms with van der Waals surface area (Å²) >= 11 is 5.45. The Hall–Kier alpha value is -2.65. The van der Waals surface area contributed by atoms with Crippen molar-refractivity contribution >= 4 is 28.7 Å². The molecule has 0 radical (unpaired) electrons. The lowest BCUT2D eigenvalue weighted by atomic mass is 10.2. The molecule has 2 rings (SSSR count). The molecule has 0 spiro atoms. The zero-order valence-corrected chi connectivity index (χ0v) is 13.4. The molecule has 0 aliphatic rings. The van der Waals surface area contributed by atoms with Crippen molar-refractivity contribution < 1.29 is 9.13 Å². The fourth-order valence-corrected chi connectivity index (χ4v) is 2.37. The minimum atomic E-state index is -0.322. The first-order valence-electron chi connectivity index (χ1n) is 6.99. The van der Waals surface area contributed by atoms with Crippen LogP contribution in [0.2, 0.25) is 0 Å². The highest BCUT2D eigenvalue weighted by Gasteiger charge is 2.14. The Bertz CT molecular complexity index is 713. The lowest BCUT2D eigenvalue weighted by Gasteiger charge is -2.25. The number of benzene rings is 2. The smallest absolute Gasteiger partial charge is 0.178 e. The van der Waals surface area contributed by atoms with Gasteiger partial charge < -0.3 is 15.0 Å². The number of hydrogen-bond acceptors (Lipinski definition) is 3. The van der Waals surface area contributed by atoms with Crippen molar-refractivity contribution in [2.75, 3.05) is 23.9 Å². The van der Waals surface area contributed by atoms with Crippen LogP contribution in [0.25, 0.3) is 0 Å². The van der Waals surface area contributed by atoms with Crippen LogP contribution in [0.15, 0.2) is 48.5 Å². The van der Waals surface area contributed by atoms with Crippen molar-refractivity contribution in [2.24, 2.45) is 0 Å². The summed E-state index contributed by atoms with van der Waals surface area (Å²) in [5.74, 6) is 0.340. The summed E-state index contributed by atoms with van der Waals surface area (Å²) in [4.78, 5) is 1.75. The maximum atomic E-state index is 13.1. The van der Waals surface area contributed by atoms with Gasteiger partial charge in [-0.15, -0.1) is 0 Å². The molecule has 0 bridgehead atoms. The van der Waals surface area contributed by atoms with Crippen molar-refractivity contribution in [1.82, 2.24) is 0 Å². The molecule has 0 aliphatic heterocycles. The number of methoxy groups -OCH3 is 1. The molecule has 0 aromatic heterocycles. The third-order valence-electron chi connectivity index (χ3n) is 3.18. The van der Waals surface area contributed by atoms with Gasteiger partial charge in [-0.2, -0.15) is 5.26 Å². The molecule has 0 unspecified atom stereocenters. The Labute approximate surface area is 140 Å². The molecule has 0 amide bonds. The highest BCUT2D eigenvalue weighted by molar-refractivity contribution is 7.80. The molecule has 0 saturated heterocycles. The number of nitrogens with one attached hydrogen (secondary N) is 1. The van der Waals surface area contributed by atoms with Crippen LogP contribution in [-0.4, -0.2) is 18.8 Å². The van der Waals surface area contributed by atoms with E-state index < -0.39 is 0 Å². The second-order valence-electron chi connectivity index (χ2n) is 4.67. The van der Waals surface area contributed by atoms with Crippen LogP contribution >= 0.6 is 12.2 Å². The molecule has 0 heterocycles. The third-order valence-corrected chi connectivity index (χ3v) is 3.50. The van der Waals surface area contributed by atoms with Crippen LogP contribution in [0, 0.1) is 17.1 Å². The number of ether oxygens (including phenoxy) is 1. The maximum absolute atomic E-state index is 13.1. The van der Waals surface area contributed by atoms with Crippen LogP contribution in [-0.2, 0) is 0 Å². The molecule has 4 nitrogen and oxygen atoms in total. The summed E-state index contributed by atoms with van der Waals surface area (Å²) < 4.78 is 18.4. The average Bonchev–Trinajstić information content (AvgIpc) is 2.57. The first-order valence-corrected chi connectivity index (χ1v) is 7.40. The second-order valence-corrected chi connectivity index (χ2v) is 5.05. The minimum absolute atomic E-state index is 0.297. The van der Waals surface area contributed by atoms with E-state index >= 15 is 0 Å². The summed E-state index contributed by atoms with van der Waals surface area (Å²) in [6.45, 7) is 0.406.